The summed E-state index contributed by atoms with van der Waals surface area (Å²) < 4.78 is 24.2. The topological polar surface area (TPSA) is 87.3 Å². The van der Waals surface area contributed by atoms with Crippen molar-refractivity contribution in [3.05, 3.63) is 35.4 Å². The van der Waals surface area contributed by atoms with Gasteiger partial charge in [-0.2, -0.15) is 0 Å². The predicted octanol–water partition coefficient (Wildman–Crippen LogP) is -0.0711. The van der Waals surface area contributed by atoms with Gasteiger partial charge in [0.05, 0.1) is 6.26 Å². The zero-order valence-corrected chi connectivity index (χ0v) is 12.9. The van der Waals surface area contributed by atoms with Gasteiger partial charge in [-0.3, -0.25) is 4.79 Å². The molecule has 116 valence electrons. The van der Waals surface area contributed by atoms with Crippen molar-refractivity contribution in [2.45, 2.75) is 18.9 Å². The zero-order chi connectivity index (χ0) is 15.3. The summed E-state index contributed by atoms with van der Waals surface area (Å²) in [6, 6.07) is 7.61. The second-order valence-electron chi connectivity index (χ2n) is 5.15. The van der Waals surface area contributed by atoms with Gasteiger partial charge in [0, 0.05) is 19.6 Å². The maximum absolute atomic E-state index is 12.2. The van der Waals surface area contributed by atoms with Gasteiger partial charge in [-0.1, -0.05) is 24.3 Å². The molecule has 21 heavy (non-hydrogen) atoms. The molecule has 7 heteroatoms. The number of rotatable bonds is 6. The number of nitrogens with one attached hydrogen (secondary N) is 3. The Bertz CT molecular complexity index is 601. The van der Waals surface area contributed by atoms with Crippen LogP contribution in [0.1, 0.15) is 23.6 Å². The van der Waals surface area contributed by atoms with E-state index in [1.807, 2.05) is 24.3 Å². The summed E-state index contributed by atoms with van der Waals surface area (Å²) in [4.78, 5) is 12.2. The van der Waals surface area contributed by atoms with Crippen LogP contribution in [0.3, 0.4) is 0 Å². The monoisotopic (exact) mass is 311 g/mol. The average molecular weight is 311 g/mol. The molecule has 1 heterocycles. The van der Waals surface area contributed by atoms with Crippen LogP contribution in [0.15, 0.2) is 24.3 Å². The van der Waals surface area contributed by atoms with Crippen LogP contribution in [0.4, 0.5) is 0 Å². The molecule has 0 aliphatic carbocycles. The molecule has 0 saturated heterocycles. The highest BCUT2D eigenvalue weighted by atomic mass is 32.2. The first-order valence-corrected chi connectivity index (χ1v) is 8.90. The van der Waals surface area contributed by atoms with E-state index < -0.39 is 10.0 Å². The van der Waals surface area contributed by atoms with E-state index >= 15 is 0 Å². The van der Waals surface area contributed by atoms with Crippen LogP contribution < -0.4 is 15.4 Å². The third kappa shape index (κ3) is 4.80. The molecule has 6 nitrogen and oxygen atoms in total. The molecular weight excluding hydrogens is 290 g/mol. The summed E-state index contributed by atoms with van der Waals surface area (Å²) in [5, 5.41) is 6.06. The van der Waals surface area contributed by atoms with Gasteiger partial charge in [0.1, 0.15) is 6.04 Å². The Kier molecular flexibility index (Phi) is 5.33. The van der Waals surface area contributed by atoms with Crippen molar-refractivity contribution in [3.8, 4) is 0 Å². The summed E-state index contributed by atoms with van der Waals surface area (Å²) in [6.07, 6.45) is 2.61. The van der Waals surface area contributed by atoms with E-state index in [1.165, 1.54) is 5.56 Å². The molecule has 0 radical (unpaired) electrons. The first kappa shape index (κ1) is 15.9. The van der Waals surface area contributed by atoms with Gasteiger partial charge >= 0.3 is 0 Å². The van der Waals surface area contributed by atoms with Crippen molar-refractivity contribution in [1.82, 2.24) is 15.4 Å². The van der Waals surface area contributed by atoms with E-state index in [9.17, 15) is 13.2 Å². The minimum absolute atomic E-state index is 0.0681. The summed E-state index contributed by atoms with van der Waals surface area (Å²) in [5.41, 5.74) is 2.23. The van der Waals surface area contributed by atoms with Crippen molar-refractivity contribution in [2.24, 2.45) is 0 Å². The van der Waals surface area contributed by atoms with Gasteiger partial charge in [0.25, 0.3) is 0 Å². The smallest absolute Gasteiger partial charge is 0.241 e. The molecule has 0 saturated carbocycles. The van der Waals surface area contributed by atoms with Crippen LogP contribution in [0.25, 0.3) is 0 Å². The van der Waals surface area contributed by atoms with Crippen LogP contribution in [-0.4, -0.2) is 40.2 Å². The largest absolute Gasteiger partial charge is 0.354 e. The lowest BCUT2D eigenvalue weighted by Crippen LogP contribution is -2.42. The number of carbonyl (C=O) groups excluding carboxylic acids is 1. The number of fused-ring (bicyclic) bond motifs is 1. The molecule has 1 aliphatic rings. The highest BCUT2D eigenvalue weighted by Crippen LogP contribution is 2.22. The molecule has 3 N–H and O–H groups in total. The molecule has 1 aromatic rings. The Balaban J connectivity index is 1.82. The third-order valence-electron chi connectivity index (χ3n) is 3.39. The first-order chi connectivity index (χ1) is 9.97. The van der Waals surface area contributed by atoms with Gasteiger partial charge in [-0.05, 0) is 24.0 Å². The Morgan fingerprint density at radius 2 is 2.10 bits per heavy atom. The number of carbonyl (C=O) groups is 1. The van der Waals surface area contributed by atoms with Crippen LogP contribution >= 0.6 is 0 Å². The average Bonchev–Trinajstić information content (AvgIpc) is 2.45. The summed E-state index contributed by atoms with van der Waals surface area (Å²) in [6.45, 7) is 1.56. The van der Waals surface area contributed by atoms with Crippen molar-refractivity contribution in [2.75, 3.05) is 25.9 Å². The number of sulfonamides is 1. The third-order valence-corrected chi connectivity index (χ3v) is 4.12. The lowest BCUT2D eigenvalue weighted by Gasteiger charge is -2.26. The number of hydrogen-bond acceptors (Lipinski definition) is 4. The Morgan fingerprint density at radius 1 is 1.33 bits per heavy atom. The molecule has 1 unspecified atom stereocenters. The van der Waals surface area contributed by atoms with Gasteiger partial charge in [-0.15, -0.1) is 0 Å². The summed E-state index contributed by atoms with van der Waals surface area (Å²) in [5.74, 6) is -0.0681. The second-order valence-corrected chi connectivity index (χ2v) is 6.98. The fraction of sp³-hybridized carbons (Fsp3) is 0.500. The quantitative estimate of drug-likeness (QED) is 0.642. The lowest BCUT2D eigenvalue weighted by molar-refractivity contribution is -0.123. The molecule has 1 amide bonds. The van der Waals surface area contributed by atoms with E-state index in [2.05, 4.69) is 15.4 Å². The molecule has 0 spiro atoms. The SMILES string of the molecule is CS(=O)(=O)NCCCNC(=O)C1NCCc2ccccc21. The van der Waals surface area contributed by atoms with E-state index in [-0.39, 0.29) is 11.9 Å². The Labute approximate surface area is 125 Å². The van der Waals surface area contributed by atoms with Crippen LogP contribution in [0.2, 0.25) is 0 Å². The van der Waals surface area contributed by atoms with Crippen molar-refractivity contribution >= 4 is 15.9 Å². The van der Waals surface area contributed by atoms with E-state index in [1.54, 1.807) is 0 Å². The molecule has 0 fully saturated rings. The summed E-state index contributed by atoms with van der Waals surface area (Å²) >= 11 is 0. The fourth-order valence-electron chi connectivity index (χ4n) is 2.40. The standard InChI is InChI=1S/C14H21N3O3S/c1-21(19,20)17-9-4-8-16-14(18)13-12-6-3-2-5-11(12)7-10-15-13/h2-3,5-6,13,15,17H,4,7-10H2,1H3,(H,16,18). The first-order valence-electron chi connectivity index (χ1n) is 7.01. The van der Waals surface area contributed by atoms with Gasteiger partial charge in [0.15, 0.2) is 0 Å². The molecule has 2 rings (SSSR count). The highest BCUT2D eigenvalue weighted by molar-refractivity contribution is 7.88. The normalized spacial score (nSPS) is 18.0. The minimum Gasteiger partial charge on any atom is -0.354 e. The van der Waals surface area contributed by atoms with Gasteiger partial charge in [0.2, 0.25) is 15.9 Å². The molecular formula is C14H21N3O3S. The van der Waals surface area contributed by atoms with Gasteiger partial charge < -0.3 is 10.6 Å². The van der Waals surface area contributed by atoms with Crippen LogP contribution in [0.5, 0.6) is 0 Å². The predicted molar refractivity (Wildman–Crippen MR) is 81.4 cm³/mol. The van der Waals surface area contributed by atoms with Crippen molar-refractivity contribution in [3.63, 3.8) is 0 Å². The molecule has 0 aromatic heterocycles. The van der Waals surface area contributed by atoms with Crippen LogP contribution in [-0.2, 0) is 21.2 Å². The number of benzene rings is 1. The lowest BCUT2D eigenvalue weighted by atomic mass is 9.94. The molecule has 1 aromatic carbocycles. The van der Waals surface area contributed by atoms with Crippen molar-refractivity contribution in [1.29, 1.82) is 0 Å². The Morgan fingerprint density at radius 3 is 2.86 bits per heavy atom. The zero-order valence-electron chi connectivity index (χ0n) is 12.1. The number of amides is 1. The number of hydrogen-bond donors (Lipinski definition) is 3. The second kappa shape index (κ2) is 7.02. The molecule has 1 atom stereocenters. The Hall–Kier alpha value is -1.44. The van der Waals surface area contributed by atoms with Crippen molar-refractivity contribution < 1.29 is 13.2 Å². The summed E-state index contributed by atoms with van der Waals surface area (Å²) in [7, 11) is -3.16. The highest BCUT2D eigenvalue weighted by Gasteiger charge is 2.25. The maximum atomic E-state index is 12.2. The van der Waals surface area contributed by atoms with E-state index in [0.29, 0.717) is 19.5 Å². The van der Waals surface area contributed by atoms with E-state index in [4.69, 9.17) is 0 Å². The van der Waals surface area contributed by atoms with E-state index in [0.717, 1.165) is 24.8 Å². The van der Waals surface area contributed by atoms with Gasteiger partial charge in [-0.25, -0.2) is 13.1 Å². The fourth-order valence-corrected chi connectivity index (χ4v) is 2.91. The molecule has 1 aliphatic heterocycles. The van der Waals surface area contributed by atoms with Crippen LogP contribution in [0, 0.1) is 0 Å². The molecule has 0 bridgehead atoms. The minimum atomic E-state index is -3.16. The maximum Gasteiger partial charge on any atom is 0.241 e.